The molecule has 5 rings (SSSR count). The summed E-state index contributed by atoms with van der Waals surface area (Å²) in [5, 5.41) is 12.2. The van der Waals surface area contributed by atoms with Gasteiger partial charge in [-0.05, 0) is 61.1 Å². The zero-order valence-corrected chi connectivity index (χ0v) is 16.3. The van der Waals surface area contributed by atoms with Crippen molar-refractivity contribution >= 4 is 26.8 Å². The fraction of sp³-hybridized carbons (Fsp3) is 0.550. The van der Waals surface area contributed by atoms with Crippen molar-refractivity contribution in [2.45, 2.75) is 36.7 Å². The minimum absolute atomic E-state index is 0.193. The summed E-state index contributed by atoms with van der Waals surface area (Å²) < 4.78 is 5.37. The van der Waals surface area contributed by atoms with Crippen LogP contribution < -0.4 is 4.74 Å². The standard InChI is InChI=1S/C20H25BrN2O2/c1-12(21)17-11-23-8-6-13(17)9-19(23)20(24)15-5-7-22-18-4-3-14(25-2)10-16(15)18/h3-5,7,10,12-13,17,19-20,24H,6,8-9,11H2,1-2H3/t12?,13-,17+,19+,20-/m0/s1. The molecule has 5 heteroatoms. The molecule has 25 heavy (non-hydrogen) atoms. The predicted octanol–water partition coefficient (Wildman–Crippen LogP) is 3.77. The molecule has 6 atom stereocenters. The van der Waals surface area contributed by atoms with E-state index in [0.717, 1.165) is 41.7 Å². The van der Waals surface area contributed by atoms with Crippen LogP contribution in [-0.4, -0.2) is 46.1 Å². The highest BCUT2D eigenvalue weighted by atomic mass is 79.9. The third kappa shape index (κ3) is 3.07. The summed E-state index contributed by atoms with van der Waals surface area (Å²) in [5.41, 5.74) is 1.87. The molecule has 0 aliphatic carbocycles. The number of nitrogens with zero attached hydrogens (tertiary/aromatic N) is 2. The Bertz CT molecular complexity index is 766. The van der Waals surface area contributed by atoms with Crippen LogP contribution in [0.15, 0.2) is 30.5 Å². The van der Waals surface area contributed by atoms with Crippen molar-refractivity contribution in [1.82, 2.24) is 9.88 Å². The quantitative estimate of drug-likeness (QED) is 0.787. The Kier molecular flexibility index (Phi) is 4.73. The fourth-order valence-electron chi connectivity index (χ4n) is 4.70. The summed E-state index contributed by atoms with van der Waals surface area (Å²) in [4.78, 5) is 7.46. The number of hydrogen-bond acceptors (Lipinski definition) is 4. The lowest BCUT2D eigenvalue weighted by atomic mass is 9.72. The Morgan fingerprint density at radius 2 is 2.20 bits per heavy atom. The second-order valence-corrected chi connectivity index (χ2v) is 8.86. The molecule has 3 saturated heterocycles. The smallest absolute Gasteiger partial charge is 0.119 e. The van der Waals surface area contributed by atoms with Gasteiger partial charge in [0.1, 0.15) is 5.75 Å². The van der Waals surface area contributed by atoms with Gasteiger partial charge in [-0.2, -0.15) is 0 Å². The minimum atomic E-state index is -0.494. The first-order valence-electron chi connectivity index (χ1n) is 9.07. The number of benzene rings is 1. The summed E-state index contributed by atoms with van der Waals surface area (Å²) in [7, 11) is 1.67. The molecule has 1 N–H and O–H groups in total. The Balaban J connectivity index is 1.66. The van der Waals surface area contributed by atoms with Gasteiger partial charge in [-0.1, -0.05) is 22.9 Å². The van der Waals surface area contributed by atoms with Crippen LogP contribution in [0.25, 0.3) is 10.9 Å². The molecule has 2 unspecified atom stereocenters. The van der Waals surface area contributed by atoms with Crippen molar-refractivity contribution in [2.24, 2.45) is 11.8 Å². The molecular formula is C20H25BrN2O2. The van der Waals surface area contributed by atoms with Gasteiger partial charge in [0.2, 0.25) is 0 Å². The van der Waals surface area contributed by atoms with Crippen LogP contribution in [0, 0.1) is 11.8 Å². The van der Waals surface area contributed by atoms with Gasteiger partial charge in [0.25, 0.3) is 0 Å². The zero-order chi connectivity index (χ0) is 17.6. The van der Waals surface area contributed by atoms with Gasteiger partial charge in [0.05, 0.1) is 18.7 Å². The molecule has 134 valence electrons. The molecule has 3 aliphatic rings. The summed E-state index contributed by atoms with van der Waals surface area (Å²) >= 11 is 3.78. The van der Waals surface area contributed by atoms with Crippen LogP contribution in [0.1, 0.15) is 31.4 Å². The molecule has 4 nitrogen and oxygen atoms in total. The van der Waals surface area contributed by atoms with E-state index in [1.165, 1.54) is 6.42 Å². The highest BCUT2D eigenvalue weighted by Crippen LogP contribution is 2.44. The lowest BCUT2D eigenvalue weighted by Gasteiger charge is -2.52. The molecule has 0 amide bonds. The van der Waals surface area contributed by atoms with Gasteiger partial charge < -0.3 is 9.84 Å². The Labute approximate surface area is 157 Å². The number of fused-ring (bicyclic) bond motifs is 4. The van der Waals surface area contributed by atoms with Crippen LogP contribution in [0.5, 0.6) is 5.75 Å². The van der Waals surface area contributed by atoms with Gasteiger partial charge >= 0.3 is 0 Å². The van der Waals surface area contributed by atoms with E-state index >= 15 is 0 Å². The number of aromatic nitrogens is 1. The highest BCUT2D eigenvalue weighted by molar-refractivity contribution is 9.09. The van der Waals surface area contributed by atoms with Crippen molar-refractivity contribution in [1.29, 1.82) is 0 Å². The van der Waals surface area contributed by atoms with E-state index < -0.39 is 6.10 Å². The maximum Gasteiger partial charge on any atom is 0.119 e. The SMILES string of the molecule is COc1ccc2nccc([C@H](O)[C@H]3C[C@@H]4CCN3C[C@@H]4C(C)Br)c2c1. The molecule has 1 aromatic carbocycles. The number of methoxy groups -OCH3 is 1. The molecule has 0 radical (unpaired) electrons. The van der Waals surface area contributed by atoms with Crippen LogP contribution >= 0.6 is 15.9 Å². The van der Waals surface area contributed by atoms with Crippen LogP contribution in [0.4, 0.5) is 0 Å². The normalized spacial score (nSPS) is 31.0. The second-order valence-electron chi connectivity index (χ2n) is 7.42. The number of aliphatic hydroxyl groups excluding tert-OH is 1. The molecule has 4 heterocycles. The van der Waals surface area contributed by atoms with E-state index in [1.54, 1.807) is 13.3 Å². The molecule has 0 spiro atoms. The average Bonchev–Trinajstić information content (AvgIpc) is 2.66. The third-order valence-corrected chi connectivity index (χ3v) is 6.79. The Morgan fingerprint density at radius 3 is 2.88 bits per heavy atom. The summed E-state index contributed by atoms with van der Waals surface area (Å²) in [6.07, 6.45) is 3.62. The monoisotopic (exact) mass is 404 g/mol. The van der Waals surface area contributed by atoms with Gasteiger partial charge in [0.15, 0.2) is 0 Å². The number of rotatable bonds is 4. The highest BCUT2D eigenvalue weighted by Gasteiger charge is 2.44. The van der Waals surface area contributed by atoms with E-state index in [2.05, 4.69) is 32.7 Å². The number of ether oxygens (including phenoxy) is 1. The number of aliphatic hydroxyl groups is 1. The van der Waals surface area contributed by atoms with E-state index in [-0.39, 0.29) is 6.04 Å². The molecule has 0 saturated carbocycles. The number of pyridine rings is 1. The van der Waals surface area contributed by atoms with Crippen LogP contribution in [0.2, 0.25) is 0 Å². The van der Waals surface area contributed by atoms with Crippen molar-refractivity contribution in [2.75, 3.05) is 20.2 Å². The summed E-state index contributed by atoms with van der Waals surface area (Å²) in [5.74, 6) is 2.18. The molecular weight excluding hydrogens is 380 g/mol. The van der Waals surface area contributed by atoms with Crippen molar-refractivity contribution in [3.05, 3.63) is 36.0 Å². The largest absolute Gasteiger partial charge is 0.497 e. The van der Waals surface area contributed by atoms with Gasteiger partial charge in [-0.3, -0.25) is 9.88 Å². The molecule has 3 aliphatic heterocycles. The van der Waals surface area contributed by atoms with E-state index in [0.29, 0.717) is 16.7 Å². The molecule has 3 fully saturated rings. The van der Waals surface area contributed by atoms with E-state index in [9.17, 15) is 5.11 Å². The Morgan fingerprint density at radius 1 is 1.36 bits per heavy atom. The third-order valence-electron chi connectivity index (χ3n) is 6.11. The second kappa shape index (κ2) is 6.86. The molecule has 1 aromatic heterocycles. The van der Waals surface area contributed by atoms with Crippen LogP contribution in [-0.2, 0) is 0 Å². The van der Waals surface area contributed by atoms with E-state index in [1.807, 2.05) is 24.3 Å². The van der Waals surface area contributed by atoms with Gasteiger partial charge in [-0.15, -0.1) is 0 Å². The Hall–Kier alpha value is -1.17. The number of halogens is 1. The topological polar surface area (TPSA) is 45.6 Å². The minimum Gasteiger partial charge on any atom is -0.497 e. The maximum absolute atomic E-state index is 11.2. The zero-order valence-electron chi connectivity index (χ0n) is 14.7. The fourth-order valence-corrected chi connectivity index (χ4v) is 5.30. The molecule has 2 bridgehead atoms. The van der Waals surface area contributed by atoms with Gasteiger partial charge in [-0.25, -0.2) is 0 Å². The van der Waals surface area contributed by atoms with Crippen molar-refractivity contribution in [3.63, 3.8) is 0 Å². The predicted molar refractivity (Wildman–Crippen MR) is 103 cm³/mol. The van der Waals surface area contributed by atoms with Crippen molar-refractivity contribution in [3.8, 4) is 5.75 Å². The first kappa shape index (κ1) is 17.3. The summed E-state index contributed by atoms with van der Waals surface area (Å²) in [6.45, 7) is 4.42. The van der Waals surface area contributed by atoms with E-state index in [4.69, 9.17) is 4.74 Å². The molecule has 2 aromatic rings. The lowest BCUT2D eigenvalue weighted by Crippen LogP contribution is -2.56. The van der Waals surface area contributed by atoms with Crippen LogP contribution in [0.3, 0.4) is 0 Å². The summed E-state index contributed by atoms with van der Waals surface area (Å²) in [6, 6.07) is 8.01. The number of hydrogen-bond donors (Lipinski definition) is 1. The van der Waals surface area contributed by atoms with Crippen molar-refractivity contribution < 1.29 is 9.84 Å². The average molecular weight is 405 g/mol. The number of piperidine rings is 3. The van der Waals surface area contributed by atoms with Gasteiger partial charge in [0, 0.05) is 29.0 Å². The number of alkyl halides is 1. The maximum atomic E-state index is 11.2. The first-order chi connectivity index (χ1) is 12.1. The first-order valence-corrected chi connectivity index (χ1v) is 9.99. The lowest BCUT2D eigenvalue weighted by molar-refractivity contribution is -0.0544.